The fourth-order valence-corrected chi connectivity index (χ4v) is 5.77. The van der Waals surface area contributed by atoms with E-state index in [4.69, 9.17) is 16.3 Å². The first-order valence-electron chi connectivity index (χ1n) is 13.3. The average Bonchev–Trinajstić information content (AvgIpc) is 2.96. The highest BCUT2D eigenvalue weighted by molar-refractivity contribution is 7.92. The Hall–Kier alpha value is -3.63. The molecule has 3 aromatic carbocycles. The van der Waals surface area contributed by atoms with Gasteiger partial charge in [0.15, 0.2) is 0 Å². The summed E-state index contributed by atoms with van der Waals surface area (Å²) in [6, 6.07) is 16.5. The van der Waals surface area contributed by atoms with Crippen LogP contribution in [0.15, 0.2) is 77.7 Å². The van der Waals surface area contributed by atoms with Crippen LogP contribution in [0, 0.1) is 5.82 Å². The molecule has 0 spiro atoms. The molecule has 2 atom stereocenters. The molecule has 0 aliphatic carbocycles. The summed E-state index contributed by atoms with van der Waals surface area (Å²) in [5.41, 5.74) is 0.766. The van der Waals surface area contributed by atoms with Crippen molar-refractivity contribution in [1.29, 1.82) is 0 Å². The number of anilines is 1. The highest BCUT2D eigenvalue weighted by atomic mass is 35.5. The quantitative estimate of drug-likeness (QED) is 0.282. The van der Waals surface area contributed by atoms with Gasteiger partial charge >= 0.3 is 0 Å². The fraction of sp³-hybridized carbons (Fsp3) is 0.333. The predicted octanol–water partition coefficient (Wildman–Crippen LogP) is 5.41. The van der Waals surface area contributed by atoms with E-state index in [1.807, 2.05) is 13.8 Å². The number of halogens is 2. The number of sulfonamides is 1. The minimum absolute atomic E-state index is 0.0302. The lowest BCUT2D eigenvalue weighted by atomic mass is 10.1. The highest BCUT2D eigenvalue weighted by Crippen LogP contribution is 2.28. The summed E-state index contributed by atoms with van der Waals surface area (Å²) in [4.78, 5) is 28.6. The molecule has 0 saturated carbocycles. The molecule has 11 heteroatoms. The van der Waals surface area contributed by atoms with Crippen LogP contribution in [0.2, 0.25) is 5.02 Å². The maximum Gasteiger partial charge on any atom is 0.264 e. The van der Waals surface area contributed by atoms with Crippen LogP contribution in [0.25, 0.3) is 0 Å². The van der Waals surface area contributed by atoms with Crippen LogP contribution in [0.1, 0.15) is 39.2 Å². The number of hydrogen-bond donors (Lipinski definition) is 1. The van der Waals surface area contributed by atoms with E-state index in [1.165, 1.54) is 72.7 Å². The molecule has 0 aliphatic heterocycles. The summed E-state index contributed by atoms with van der Waals surface area (Å²) in [7, 11) is -2.79. The van der Waals surface area contributed by atoms with Crippen LogP contribution < -0.4 is 14.4 Å². The minimum Gasteiger partial charge on any atom is -0.497 e. The van der Waals surface area contributed by atoms with Crippen molar-refractivity contribution in [2.45, 2.75) is 57.1 Å². The number of carbonyl (C=O) groups excluding carboxylic acids is 2. The second-order valence-corrected chi connectivity index (χ2v) is 11.9. The van der Waals surface area contributed by atoms with Crippen LogP contribution in [0.4, 0.5) is 10.1 Å². The third kappa shape index (κ3) is 8.20. The van der Waals surface area contributed by atoms with Crippen LogP contribution in [-0.2, 0) is 26.2 Å². The van der Waals surface area contributed by atoms with E-state index in [9.17, 15) is 22.4 Å². The predicted molar refractivity (Wildman–Crippen MR) is 158 cm³/mol. The average molecular weight is 604 g/mol. The molecule has 0 unspecified atom stereocenters. The molecule has 0 saturated heterocycles. The van der Waals surface area contributed by atoms with Crippen molar-refractivity contribution in [2.75, 3.05) is 18.0 Å². The van der Waals surface area contributed by atoms with Gasteiger partial charge in [-0.1, -0.05) is 43.6 Å². The molecule has 3 aromatic rings. The van der Waals surface area contributed by atoms with Gasteiger partial charge in [0.2, 0.25) is 11.8 Å². The summed E-state index contributed by atoms with van der Waals surface area (Å²) in [6.45, 7) is 4.93. The molecule has 0 fully saturated rings. The van der Waals surface area contributed by atoms with E-state index in [-0.39, 0.29) is 40.5 Å². The molecule has 1 N–H and O–H groups in total. The third-order valence-electron chi connectivity index (χ3n) is 6.68. The molecule has 0 bridgehead atoms. The summed E-state index contributed by atoms with van der Waals surface area (Å²) in [5, 5.41) is 3.20. The highest BCUT2D eigenvalue weighted by Gasteiger charge is 2.34. The zero-order chi connectivity index (χ0) is 30.2. The number of rotatable bonds is 13. The van der Waals surface area contributed by atoms with Crippen molar-refractivity contribution < 1.29 is 27.1 Å². The zero-order valence-electron chi connectivity index (χ0n) is 23.5. The van der Waals surface area contributed by atoms with Gasteiger partial charge in [0.25, 0.3) is 10.0 Å². The van der Waals surface area contributed by atoms with Crippen LogP contribution in [-0.4, -0.2) is 50.9 Å². The summed E-state index contributed by atoms with van der Waals surface area (Å²) in [6.07, 6.45) is 0.967. The Bertz CT molecular complexity index is 1440. The molecule has 8 nitrogen and oxygen atoms in total. The second-order valence-electron chi connectivity index (χ2n) is 9.56. The molecule has 0 aromatic heterocycles. The molecule has 0 radical (unpaired) electrons. The van der Waals surface area contributed by atoms with Crippen LogP contribution in [0.3, 0.4) is 0 Å². The van der Waals surface area contributed by atoms with Crippen molar-refractivity contribution in [2.24, 2.45) is 0 Å². The van der Waals surface area contributed by atoms with Crippen molar-refractivity contribution in [3.05, 3.63) is 89.2 Å². The topological polar surface area (TPSA) is 96.0 Å². The standard InChI is InChI=1S/C30H35ClFN3O5S/c1-5-21(3)33-30(37)28(6-2)34(19-22-10-12-24(32)13-11-22)29(36)20-35(25-9-7-8-23(31)18-25)41(38,39)27-16-14-26(40-4)15-17-27/h7-18,21,28H,5-6,19-20H2,1-4H3,(H,33,37)/t21-,28-/m1/s1. The first-order valence-corrected chi connectivity index (χ1v) is 15.1. The van der Waals surface area contributed by atoms with E-state index in [0.717, 1.165) is 4.31 Å². The van der Waals surface area contributed by atoms with Gasteiger partial charge in [0.05, 0.1) is 17.7 Å². The first kappa shape index (κ1) is 31.9. The van der Waals surface area contributed by atoms with Crippen LogP contribution >= 0.6 is 11.6 Å². The maximum atomic E-state index is 14.0. The maximum absolute atomic E-state index is 14.0. The Labute approximate surface area is 246 Å². The van der Waals surface area contributed by atoms with Crippen molar-refractivity contribution in [1.82, 2.24) is 10.2 Å². The van der Waals surface area contributed by atoms with Gasteiger partial charge in [-0.05, 0) is 79.9 Å². The molecule has 2 amide bonds. The lowest BCUT2D eigenvalue weighted by Crippen LogP contribution is -2.53. The number of ether oxygens (including phenoxy) is 1. The van der Waals surface area contributed by atoms with Crippen molar-refractivity contribution >= 4 is 39.1 Å². The summed E-state index contributed by atoms with van der Waals surface area (Å²) < 4.78 is 47.5. The van der Waals surface area contributed by atoms with Crippen LogP contribution in [0.5, 0.6) is 5.75 Å². The van der Waals surface area contributed by atoms with E-state index in [0.29, 0.717) is 17.7 Å². The van der Waals surface area contributed by atoms with Gasteiger partial charge in [0.1, 0.15) is 24.2 Å². The van der Waals surface area contributed by atoms with Gasteiger partial charge in [0, 0.05) is 17.6 Å². The molecule has 0 heterocycles. The molecule has 3 rings (SSSR count). The van der Waals surface area contributed by atoms with E-state index < -0.39 is 34.3 Å². The SMILES string of the molecule is CC[C@@H](C)NC(=O)[C@@H](CC)N(Cc1ccc(F)cc1)C(=O)CN(c1cccc(Cl)c1)S(=O)(=O)c1ccc(OC)cc1. The van der Waals surface area contributed by atoms with E-state index >= 15 is 0 Å². The summed E-state index contributed by atoms with van der Waals surface area (Å²) >= 11 is 6.20. The summed E-state index contributed by atoms with van der Waals surface area (Å²) in [5.74, 6) is -0.939. The minimum atomic E-state index is -4.26. The first-order chi connectivity index (χ1) is 19.5. The fourth-order valence-electron chi connectivity index (χ4n) is 4.18. The normalized spacial score (nSPS) is 12.7. The Morgan fingerprint density at radius 2 is 1.66 bits per heavy atom. The number of hydrogen-bond acceptors (Lipinski definition) is 5. The molecule has 41 heavy (non-hydrogen) atoms. The van der Waals surface area contributed by atoms with E-state index in [1.54, 1.807) is 19.1 Å². The van der Waals surface area contributed by atoms with Gasteiger partial charge in [-0.25, -0.2) is 12.8 Å². The van der Waals surface area contributed by atoms with Gasteiger partial charge in [-0.3, -0.25) is 13.9 Å². The number of carbonyl (C=O) groups is 2. The number of amides is 2. The third-order valence-corrected chi connectivity index (χ3v) is 8.70. The van der Waals surface area contributed by atoms with Gasteiger partial charge in [-0.15, -0.1) is 0 Å². The Balaban J connectivity index is 2.06. The van der Waals surface area contributed by atoms with Gasteiger partial charge in [-0.2, -0.15) is 0 Å². The Morgan fingerprint density at radius 1 is 1.00 bits per heavy atom. The Kier molecular flexibility index (Phi) is 11.1. The lowest BCUT2D eigenvalue weighted by molar-refractivity contribution is -0.140. The smallest absolute Gasteiger partial charge is 0.264 e. The molecular formula is C30H35ClFN3O5S. The van der Waals surface area contributed by atoms with Gasteiger partial charge < -0.3 is 15.0 Å². The molecule has 0 aliphatic rings. The lowest BCUT2D eigenvalue weighted by Gasteiger charge is -2.33. The zero-order valence-corrected chi connectivity index (χ0v) is 25.1. The Morgan fingerprint density at radius 3 is 2.22 bits per heavy atom. The number of nitrogens with zero attached hydrogens (tertiary/aromatic N) is 2. The monoisotopic (exact) mass is 603 g/mol. The second kappa shape index (κ2) is 14.3. The molecule has 220 valence electrons. The molecular weight excluding hydrogens is 569 g/mol. The number of methoxy groups -OCH3 is 1. The largest absolute Gasteiger partial charge is 0.497 e. The van der Waals surface area contributed by atoms with E-state index in [2.05, 4.69) is 5.32 Å². The van der Waals surface area contributed by atoms with Crippen molar-refractivity contribution in [3.8, 4) is 5.75 Å². The van der Waals surface area contributed by atoms with Crippen molar-refractivity contribution in [3.63, 3.8) is 0 Å². The number of nitrogens with one attached hydrogen (secondary N) is 1. The number of benzene rings is 3.